The minimum Gasteiger partial charge on any atom is -0.444 e. The summed E-state index contributed by atoms with van der Waals surface area (Å²) < 4.78 is 10.6. The lowest BCUT2D eigenvalue weighted by Gasteiger charge is -2.26. The molecule has 8 heteroatoms. The molecule has 3 fully saturated rings. The molecule has 2 saturated heterocycles. The van der Waals surface area contributed by atoms with E-state index in [1.807, 2.05) is 32.9 Å². The summed E-state index contributed by atoms with van der Waals surface area (Å²) in [7, 11) is 0. The van der Waals surface area contributed by atoms with Gasteiger partial charge >= 0.3 is 12.2 Å². The Kier molecular flexibility index (Phi) is 7.42. The molecule has 2 heterocycles. The summed E-state index contributed by atoms with van der Waals surface area (Å²) in [6.07, 6.45) is 9.17. The third kappa shape index (κ3) is 6.32. The molecule has 2 unspecified atom stereocenters. The first-order chi connectivity index (χ1) is 15.6. The average Bonchev–Trinajstić information content (AvgIpc) is 3.45. The van der Waals surface area contributed by atoms with E-state index in [0.717, 1.165) is 58.0 Å². The van der Waals surface area contributed by atoms with Crippen molar-refractivity contribution < 1.29 is 29.0 Å². The van der Waals surface area contributed by atoms with Crippen molar-refractivity contribution in [1.82, 2.24) is 9.80 Å². The summed E-state index contributed by atoms with van der Waals surface area (Å²) in [5.74, 6) is -0.0725. The molecule has 1 saturated carbocycles. The van der Waals surface area contributed by atoms with E-state index in [2.05, 4.69) is 0 Å². The van der Waals surface area contributed by atoms with Gasteiger partial charge in [-0.3, -0.25) is 4.79 Å². The molecule has 0 aromatic carbocycles. The maximum Gasteiger partial charge on any atom is 0.417 e. The second kappa shape index (κ2) is 9.51. The fourth-order valence-corrected chi connectivity index (χ4v) is 5.36. The van der Waals surface area contributed by atoms with E-state index in [-0.39, 0.29) is 28.9 Å². The number of likely N-dealkylation sites (tertiary alicyclic amines) is 2. The van der Waals surface area contributed by atoms with Crippen molar-refractivity contribution in [3.63, 3.8) is 0 Å². The fraction of sp³-hybridized carbons (Fsp3) is 0.808. The summed E-state index contributed by atoms with van der Waals surface area (Å²) in [5.41, 5.74) is -1.17. The standard InChI is InChI=1S/C13H23NO3.C13H19NO3/c1-12(2,3)17-11(16)14-7-6-13(9-14)5-4-10(15)8-13;1-12(2,3)17-11(16)14-9-8-13(10(14)15)6-4-5-7-13/h10,15H,4-9H2,1-3H3;4-5H,6-9H2,1-3H3. The first kappa shape index (κ1) is 26.5. The van der Waals surface area contributed by atoms with E-state index in [0.29, 0.717) is 6.54 Å². The summed E-state index contributed by atoms with van der Waals surface area (Å²) in [6, 6.07) is 0. The van der Waals surface area contributed by atoms with E-state index < -0.39 is 17.3 Å². The lowest BCUT2D eigenvalue weighted by atomic mass is 9.84. The molecule has 0 aromatic heterocycles. The van der Waals surface area contributed by atoms with Crippen LogP contribution in [0.1, 0.15) is 86.5 Å². The van der Waals surface area contributed by atoms with E-state index in [9.17, 15) is 19.5 Å². The first-order valence-corrected chi connectivity index (χ1v) is 12.5. The quantitative estimate of drug-likeness (QED) is 0.509. The summed E-state index contributed by atoms with van der Waals surface area (Å²) in [4.78, 5) is 39.1. The van der Waals surface area contributed by atoms with Gasteiger partial charge in [-0.15, -0.1) is 0 Å². The van der Waals surface area contributed by atoms with Crippen LogP contribution in [-0.4, -0.2) is 69.9 Å². The Morgan fingerprint density at radius 1 is 0.941 bits per heavy atom. The van der Waals surface area contributed by atoms with Gasteiger partial charge in [0.05, 0.1) is 11.5 Å². The average molecular weight is 479 g/mol. The van der Waals surface area contributed by atoms with Crippen molar-refractivity contribution in [2.75, 3.05) is 19.6 Å². The number of carbonyl (C=O) groups excluding carboxylic acids is 3. The number of ether oxygens (including phenoxy) is 2. The van der Waals surface area contributed by atoms with Crippen LogP contribution in [0.25, 0.3) is 0 Å². The Morgan fingerprint density at radius 3 is 2.06 bits per heavy atom. The molecule has 0 radical (unpaired) electrons. The zero-order chi connectivity index (χ0) is 25.4. The normalized spacial score (nSPS) is 28.0. The van der Waals surface area contributed by atoms with Crippen LogP contribution in [0.15, 0.2) is 12.2 Å². The van der Waals surface area contributed by atoms with Crippen LogP contribution >= 0.6 is 0 Å². The molecule has 4 rings (SSSR count). The predicted molar refractivity (Wildman–Crippen MR) is 128 cm³/mol. The lowest BCUT2D eigenvalue weighted by molar-refractivity contribution is -0.134. The largest absolute Gasteiger partial charge is 0.444 e. The van der Waals surface area contributed by atoms with Gasteiger partial charge in [0.25, 0.3) is 0 Å². The summed E-state index contributed by atoms with van der Waals surface area (Å²) in [5, 5.41) is 9.63. The molecular weight excluding hydrogens is 436 g/mol. The van der Waals surface area contributed by atoms with Crippen molar-refractivity contribution in [2.45, 2.75) is 104 Å². The molecule has 2 aliphatic heterocycles. The van der Waals surface area contributed by atoms with Gasteiger partial charge in [0.2, 0.25) is 5.91 Å². The number of hydrogen-bond donors (Lipinski definition) is 1. The van der Waals surface area contributed by atoms with Gasteiger partial charge in [-0.2, -0.15) is 0 Å². The zero-order valence-electron chi connectivity index (χ0n) is 21.7. The maximum atomic E-state index is 12.2. The maximum absolute atomic E-state index is 12.2. The molecule has 192 valence electrons. The number of rotatable bonds is 0. The number of nitrogens with zero attached hydrogens (tertiary/aromatic N) is 2. The van der Waals surface area contributed by atoms with Crippen LogP contribution in [0.4, 0.5) is 9.59 Å². The first-order valence-electron chi connectivity index (χ1n) is 12.5. The highest BCUT2D eigenvalue weighted by Gasteiger charge is 2.49. The van der Waals surface area contributed by atoms with Crippen molar-refractivity contribution in [1.29, 1.82) is 0 Å². The molecule has 3 amide bonds. The van der Waals surface area contributed by atoms with Crippen LogP contribution in [0.5, 0.6) is 0 Å². The third-order valence-electron chi connectivity index (χ3n) is 7.08. The van der Waals surface area contributed by atoms with Crippen molar-refractivity contribution >= 4 is 18.1 Å². The molecule has 0 bridgehead atoms. The van der Waals surface area contributed by atoms with Gasteiger partial charge in [-0.05, 0) is 91.9 Å². The van der Waals surface area contributed by atoms with Crippen LogP contribution in [0.3, 0.4) is 0 Å². The molecule has 34 heavy (non-hydrogen) atoms. The number of hydrogen-bond acceptors (Lipinski definition) is 6. The van der Waals surface area contributed by atoms with E-state index in [1.54, 1.807) is 25.7 Å². The zero-order valence-corrected chi connectivity index (χ0v) is 21.7. The second-order valence-electron chi connectivity index (χ2n) is 12.4. The SMILES string of the molecule is CC(C)(C)OC(=O)N1CCC2(CC=CC2)C1=O.CC(C)(C)OC(=O)N1CCC2(CCC(O)C2)C1. The molecule has 2 spiro atoms. The van der Waals surface area contributed by atoms with Crippen LogP contribution in [0.2, 0.25) is 0 Å². The molecular formula is C26H42N2O6. The lowest BCUT2D eigenvalue weighted by Crippen LogP contribution is -2.40. The van der Waals surface area contributed by atoms with Crippen molar-refractivity contribution in [3.8, 4) is 0 Å². The van der Waals surface area contributed by atoms with Crippen molar-refractivity contribution in [2.24, 2.45) is 10.8 Å². The summed E-state index contributed by atoms with van der Waals surface area (Å²) in [6.45, 7) is 13.1. The van der Waals surface area contributed by atoms with E-state index >= 15 is 0 Å². The van der Waals surface area contributed by atoms with Gasteiger partial charge in [-0.1, -0.05) is 12.2 Å². The van der Waals surface area contributed by atoms with E-state index in [1.165, 1.54) is 4.90 Å². The Bertz CT molecular complexity index is 816. The molecule has 8 nitrogen and oxygen atoms in total. The molecule has 1 N–H and O–H groups in total. The molecule has 2 atom stereocenters. The minimum atomic E-state index is -0.555. The van der Waals surface area contributed by atoms with Gasteiger partial charge < -0.3 is 19.5 Å². The van der Waals surface area contributed by atoms with Crippen molar-refractivity contribution in [3.05, 3.63) is 12.2 Å². The third-order valence-corrected chi connectivity index (χ3v) is 7.08. The summed E-state index contributed by atoms with van der Waals surface area (Å²) >= 11 is 0. The van der Waals surface area contributed by atoms with Gasteiger partial charge in [-0.25, -0.2) is 14.5 Å². The van der Waals surface area contributed by atoms with Gasteiger partial charge in [0.15, 0.2) is 0 Å². The molecule has 4 aliphatic rings. The number of aliphatic hydroxyl groups is 1. The van der Waals surface area contributed by atoms with Crippen LogP contribution in [0, 0.1) is 10.8 Å². The number of aliphatic hydroxyl groups excluding tert-OH is 1. The number of imide groups is 1. The van der Waals surface area contributed by atoms with E-state index in [4.69, 9.17) is 9.47 Å². The highest BCUT2D eigenvalue weighted by molar-refractivity contribution is 5.97. The number of carbonyl (C=O) groups is 3. The fourth-order valence-electron chi connectivity index (χ4n) is 5.36. The Hall–Kier alpha value is -2.09. The predicted octanol–water partition coefficient (Wildman–Crippen LogP) is 4.65. The highest BCUT2D eigenvalue weighted by atomic mass is 16.6. The van der Waals surface area contributed by atoms with Gasteiger partial charge in [0, 0.05) is 19.6 Å². The monoisotopic (exact) mass is 478 g/mol. The topological polar surface area (TPSA) is 96.4 Å². The second-order valence-corrected chi connectivity index (χ2v) is 12.4. The van der Waals surface area contributed by atoms with Gasteiger partial charge in [0.1, 0.15) is 11.2 Å². The minimum absolute atomic E-state index is 0.0725. The van der Waals surface area contributed by atoms with Crippen LogP contribution < -0.4 is 0 Å². The Morgan fingerprint density at radius 2 is 1.53 bits per heavy atom. The highest BCUT2D eigenvalue weighted by Crippen LogP contribution is 2.46. The molecule has 2 aliphatic carbocycles. The van der Waals surface area contributed by atoms with Crippen LogP contribution in [-0.2, 0) is 14.3 Å². The Balaban J connectivity index is 0.000000191. The molecule has 0 aromatic rings. The smallest absolute Gasteiger partial charge is 0.417 e. The number of allylic oxidation sites excluding steroid dienone is 2. The Labute approximate surface area is 203 Å². The number of amides is 3.